The van der Waals surface area contributed by atoms with Gasteiger partial charge in [0, 0.05) is 12.8 Å². The van der Waals surface area contributed by atoms with Crippen LogP contribution in [0.1, 0.15) is 232 Å². The van der Waals surface area contributed by atoms with Crippen molar-refractivity contribution >= 4 is 19.8 Å². The molecule has 2 unspecified atom stereocenters. The van der Waals surface area contributed by atoms with Crippen LogP contribution in [0.25, 0.3) is 0 Å². The van der Waals surface area contributed by atoms with E-state index in [-0.39, 0.29) is 26.1 Å². The molecule has 0 aliphatic heterocycles. The summed E-state index contributed by atoms with van der Waals surface area (Å²) in [5.41, 5.74) is 0. The lowest BCUT2D eigenvalue weighted by Crippen LogP contribution is -2.37. The molecule has 0 aromatic rings. The Morgan fingerprint density at radius 2 is 0.731 bits per heavy atom. The van der Waals surface area contributed by atoms with Gasteiger partial charge < -0.3 is 27.9 Å². The first kappa shape index (κ1) is 74.2. The van der Waals surface area contributed by atoms with Crippen LogP contribution in [0.2, 0.25) is 0 Å². The average Bonchev–Trinajstić information content (AvgIpc) is 3.41. The Balaban J connectivity index is 4.24. The molecular formula is C68H114NO8P. The number of ether oxygens (including phenoxy) is 2. The largest absolute Gasteiger partial charge is 0.756 e. The summed E-state index contributed by atoms with van der Waals surface area (Å²) >= 11 is 0. The van der Waals surface area contributed by atoms with E-state index in [1.54, 1.807) is 0 Å². The first-order valence-electron chi connectivity index (χ1n) is 30.9. The number of nitrogens with zero attached hydrogens (tertiary/aromatic N) is 1. The van der Waals surface area contributed by atoms with Crippen LogP contribution in [0.3, 0.4) is 0 Å². The molecular weight excluding hydrogens is 990 g/mol. The molecule has 2 atom stereocenters. The summed E-state index contributed by atoms with van der Waals surface area (Å²) in [5, 5.41) is 0. The second kappa shape index (κ2) is 57.8. The van der Waals surface area contributed by atoms with E-state index in [0.29, 0.717) is 17.4 Å². The van der Waals surface area contributed by atoms with Crippen LogP contribution in [-0.2, 0) is 32.7 Å². The number of allylic oxidation sites excluding steroid dienone is 22. The van der Waals surface area contributed by atoms with E-state index in [1.807, 2.05) is 21.1 Å². The molecule has 0 aromatic heterocycles. The van der Waals surface area contributed by atoms with Crippen molar-refractivity contribution in [3.63, 3.8) is 0 Å². The summed E-state index contributed by atoms with van der Waals surface area (Å²) in [5.74, 6) is -0.872. The number of unbranched alkanes of at least 4 members (excludes halogenated alkanes) is 19. The van der Waals surface area contributed by atoms with Gasteiger partial charge in [0.25, 0.3) is 7.82 Å². The third-order valence-electron chi connectivity index (χ3n) is 12.7. The maximum absolute atomic E-state index is 12.8. The fraction of sp³-hybridized carbons (Fsp3) is 0.647. The molecule has 0 spiro atoms. The minimum Gasteiger partial charge on any atom is -0.756 e. The van der Waals surface area contributed by atoms with E-state index < -0.39 is 32.5 Å². The van der Waals surface area contributed by atoms with Gasteiger partial charge >= 0.3 is 11.9 Å². The lowest BCUT2D eigenvalue weighted by molar-refractivity contribution is -0.870. The first-order valence-corrected chi connectivity index (χ1v) is 32.4. The molecule has 0 radical (unpaired) electrons. The Kier molecular flexibility index (Phi) is 55.0. The highest BCUT2D eigenvalue weighted by Crippen LogP contribution is 2.38. The normalized spacial score (nSPS) is 14.2. The van der Waals surface area contributed by atoms with Crippen molar-refractivity contribution in [2.45, 2.75) is 238 Å². The van der Waals surface area contributed by atoms with Crippen LogP contribution in [0, 0.1) is 0 Å². The van der Waals surface area contributed by atoms with Crippen molar-refractivity contribution in [3.05, 3.63) is 134 Å². The minimum atomic E-state index is -4.65. The van der Waals surface area contributed by atoms with Crippen molar-refractivity contribution in [2.24, 2.45) is 0 Å². The third-order valence-corrected chi connectivity index (χ3v) is 13.6. The van der Waals surface area contributed by atoms with Crippen LogP contribution < -0.4 is 4.89 Å². The third kappa shape index (κ3) is 61.4. The highest BCUT2D eigenvalue weighted by Gasteiger charge is 2.22. The maximum Gasteiger partial charge on any atom is 0.306 e. The summed E-state index contributed by atoms with van der Waals surface area (Å²) in [6, 6.07) is 0. The summed E-state index contributed by atoms with van der Waals surface area (Å²) in [7, 11) is 1.13. The van der Waals surface area contributed by atoms with Crippen LogP contribution in [0.5, 0.6) is 0 Å². The van der Waals surface area contributed by atoms with Crippen molar-refractivity contribution in [1.29, 1.82) is 0 Å². The smallest absolute Gasteiger partial charge is 0.306 e. The van der Waals surface area contributed by atoms with E-state index in [9.17, 15) is 19.0 Å². The predicted molar refractivity (Wildman–Crippen MR) is 332 cm³/mol. The SMILES string of the molecule is CC/C=C\C/C=C\C/C=C\C/C=C\C/C=C\C/C=C\C/C=C\C/C=C\C/C=C\C/C=C\CCCCCCC(=O)OC(COC(=O)CCCCCCCCCCC/C=C\CCCCCCCC)COP(=O)([O-])OCC[N+](C)(C)C. The van der Waals surface area contributed by atoms with Gasteiger partial charge in [-0.2, -0.15) is 0 Å². The summed E-state index contributed by atoms with van der Waals surface area (Å²) in [4.78, 5) is 37.9. The van der Waals surface area contributed by atoms with Gasteiger partial charge in [0.05, 0.1) is 27.7 Å². The number of phosphoric acid groups is 1. The van der Waals surface area contributed by atoms with E-state index in [4.69, 9.17) is 18.5 Å². The number of hydrogen-bond donors (Lipinski definition) is 0. The second-order valence-electron chi connectivity index (χ2n) is 21.3. The monoisotopic (exact) mass is 1100 g/mol. The quantitative estimate of drug-likeness (QED) is 0.0195. The predicted octanol–water partition coefficient (Wildman–Crippen LogP) is 19.1. The molecule has 0 saturated heterocycles. The van der Waals surface area contributed by atoms with Crippen LogP contribution >= 0.6 is 7.82 Å². The first-order chi connectivity index (χ1) is 38.0. The molecule has 0 aliphatic rings. The van der Waals surface area contributed by atoms with Gasteiger partial charge in [0.2, 0.25) is 0 Å². The lowest BCUT2D eigenvalue weighted by Gasteiger charge is -2.28. The molecule has 78 heavy (non-hydrogen) atoms. The summed E-state index contributed by atoms with van der Waals surface area (Å²) in [6.07, 6.45) is 83.6. The van der Waals surface area contributed by atoms with Crippen LogP contribution in [-0.4, -0.2) is 70.0 Å². The van der Waals surface area contributed by atoms with E-state index in [0.717, 1.165) is 116 Å². The molecule has 9 nitrogen and oxygen atoms in total. The highest BCUT2D eigenvalue weighted by molar-refractivity contribution is 7.45. The fourth-order valence-corrected chi connectivity index (χ4v) is 8.64. The molecule has 10 heteroatoms. The number of hydrogen-bond acceptors (Lipinski definition) is 8. The van der Waals surface area contributed by atoms with Gasteiger partial charge in [0.15, 0.2) is 6.10 Å². The number of rotatable bonds is 55. The molecule has 0 aliphatic carbocycles. The number of carbonyl (C=O) groups is 2. The zero-order chi connectivity index (χ0) is 57.0. The lowest BCUT2D eigenvalue weighted by atomic mass is 10.1. The Bertz CT molecular complexity index is 1780. The van der Waals surface area contributed by atoms with Crippen molar-refractivity contribution in [3.8, 4) is 0 Å². The van der Waals surface area contributed by atoms with Crippen molar-refractivity contribution in [2.75, 3.05) is 47.5 Å². The number of likely N-dealkylation sites (N-methyl/N-ethyl adjacent to an activating group) is 1. The Hall–Kier alpha value is -3.85. The van der Waals surface area contributed by atoms with Gasteiger partial charge in [-0.1, -0.05) is 237 Å². The van der Waals surface area contributed by atoms with Gasteiger partial charge in [0.1, 0.15) is 19.8 Å². The minimum absolute atomic E-state index is 0.0432. The standard InChI is InChI=1S/C68H114NO8P/c1-6-8-10-12-14-16-18-20-22-24-26-27-28-29-30-31-32-33-34-35-36-37-38-39-40-41-43-45-47-49-51-53-55-57-59-61-68(71)77-66(65-76-78(72,73)75-63-62-69(3,4)5)64-74-67(70)60-58-56-54-52-50-48-46-44-42-25-23-21-19-17-15-13-11-9-7-2/h8,10,14,16,20-23,26-27,29-30,32-33,35-36,38-39,41,43,47,49,66H,6-7,9,11-13,15,17-19,24-25,28,31,34,37,40,42,44-46,48,50-65H2,1-5H3/b10-8-,16-14-,22-20-,23-21-,27-26-,30-29-,33-32-,36-35-,39-38-,43-41-,49-47-. The van der Waals surface area contributed by atoms with Gasteiger partial charge in [-0.3, -0.25) is 14.2 Å². The molecule has 0 N–H and O–H groups in total. The zero-order valence-corrected chi connectivity index (χ0v) is 51.2. The molecule has 0 amide bonds. The summed E-state index contributed by atoms with van der Waals surface area (Å²) in [6.45, 7) is 4.08. The van der Waals surface area contributed by atoms with E-state index >= 15 is 0 Å². The van der Waals surface area contributed by atoms with E-state index in [1.165, 1.54) is 83.5 Å². The second-order valence-corrected chi connectivity index (χ2v) is 22.7. The van der Waals surface area contributed by atoms with Gasteiger partial charge in [-0.05, 0) is 116 Å². The molecule has 0 bridgehead atoms. The van der Waals surface area contributed by atoms with Crippen LogP contribution in [0.15, 0.2) is 134 Å². The maximum atomic E-state index is 12.8. The molecule has 0 heterocycles. The molecule has 0 rings (SSSR count). The Morgan fingerprint density at radius 1 is 0.410 bits per heavy atom. The number of carbonyl (C=O) groups excluding carboxylic acids is 2. The highest BCUT2D eigenvalue weighted by atomic mass is 31.2. The topological polar surface area (TPSA) is 111 Å². The van der Waals surface area contributed by atoms with Gasteiger partial charge in [-0.25, -0.2) is 0 Å². The molecule has 444 valence electrons. The van der Waals surface area contributed by atoms with Crippen LogP contribution in [0.4, 0.5) is 0 Å². The van der Waals surface area contributed by atoms with Crippen molar-refractivity contribution in [1.82, 2.24) is 0 Å². The summed E-state index contributed by atoms with van der Waals surface area (Å²) < 4.78 is 34.1. The number of esters is 2. The molecule has 0 fully saturated rings. The fourth-order valence-electron chi connectivity index (χ4n) is 7.91. The van der Waals surface area contributed by atoms with Gasteiger partial charge in [-0.15, -0.1) is 0 Å². The average molecular weight is 1100 g/mol. The Morgan fingerprint density at radius 3 is 1.10 bits per heavy atom. The van der Waals surface area contributed by atoms with Crippen molar-refractivity contribution < 1.29 is 42.1 Å². The number of quaternary nitrogens is 1. The molecule has 0 saturated carbocycles. The molecule has 0 aromatic carbocycles. The van der Waals surface area contributed by atoms with E-state index in [2.05, 4.69) is 148 Å². The Labute approximate surface area is 479 Å². The zero-order valence-electron chi connectivity index (χ0n) is 50.3. The number of phosphoric ester groups is 1.